The molecule has 0 aliphatic rings. The molecule has 0 spiro atoms. The Morgan fingerprint density at radius 2 is 2.08 bits per heavy atom. The molecule has 8 nitrogen and oxygen atoms in total. The molecular formula is C16H25BN3O5. The molecule has 0 fully saturated rings. The molecule has 0 unspecified atom stereocenters. The van der Waals surface area contributed by atoms with Crippen LogP contribution in [0.3, 0.4) is 0 Å². The van der Waals surface area contributed by atoms with Crippen LogP contribution in [0.2, 0.25) is 5.82 Å². The average Bonchev–Trinajstić information content (AvgIpc) is 2.60. The molecule has 1 rings (SSSR count). The summed E-state index contributed by atoms with van der Waals surface area (Å²) in [6, 6.07) is 5.12. The number of rotatable bonds is 11. The molecule has 25 heavy (non-hydrogen) atoms. The van der Waals surface area contributed by atoms with Crippen molar-refractivity contribution in [2.75, 3.05) is 20.4 Å². The van der Waals surface area contributed by atoms with Gasteiger partial charge in [-0.05, 0) is 30.5 Å². The zero-order valence-corrected chi connectivity index (χ0v) is 14.6. The van der Waals surface area contributed by atoms with Crippen molar-refractivity contribution in [1.29, 1.82) is 0 Å². The van der Waals surface area contributed by atoms with Gasteiger partial charge in [-0.3, -0.25) is 4.79 Å². The minimum absolute atomic E-state index is 0.0426. The average molecular weight is 350 g/mol. The molecule has 9 heteroatoms. The summed E-state index contributed by atoms with van der Waals surface area (Å²) in [6.07, 6.45) is 1.55. The van der Waals surface area contributed by atoms with Crippen molar-refractivity contribution in [2.24, 2.45) is 11.5 Å². The van der Waals surface area contributed by atoms with Gasteiger partial charge in [0.1, 0.15) is 0 Å². The highest BCUT2D eigenvalue weighted by atomic mass is 16.6. The first-order valence-corrected chi connectivity index (χ1v) is 8.11. The van der Waals surface area contributed by atoms with Crippen LogP contribution in [0.1, 0.15) is 25.3 Å². The van der Waals surface area contributed by atoms with E-state index < -0.39 is 17.8 Å². The number of unbranched alkanes of at least 4 members (excludes halogenated alkanes) is 1. The first-order chi connectivity index (χ1) is 12.0. The van der Waals surface area contributed by atoms with Crippen LogP contribution in [0.4, 0.5) is 4.79 Å². The van der Waals surface area contributed by atoms with Gasteiger partial charge in [-0.25, -0.2) is 4.79 Å². The molecule has 0 aromatic heterocycles. The normalized spacial score (nSPS) is 11.5. The fraction of sp³-hybridized carbons (Fsp3) is 0.500. The highest BCUT2D eigenvalue weighted by Crippen LogP contribution is 2.30. The van der Waals surface area contributed by atoms with Crippen molar-refractivity contribution >= 4 is 19.5 Å². The molecule has 0 bridgehead atoms. The summed E-state index contributed by atoms with van der Waals surface area (Å²) in [5.41, 5.74) is 11.4. The molecule has 0 aliphatic heterocycles. The number of carbonyl (C=O) groups is 2. The zero-order chi connectivity index (χ0) is 18.7. The summed E-state index contributed by atoms with van der Waals surface area (Å²) >= 11 is 0. The lowest BCUT2D eigenvalue weighted by Gasteiger charge is -2.15. The van der Waals surface area contributed by atoms with Gasteiger partial charge in [0.05, 0.1) is 13.3 Å². The molecule has 2 amide bonds. The number of nitrogens with one attached hydrogen (secondary N) is 1. The van der Waals surface area contributed by atoms with Crippen LogP contribution >= 0.6 is 0 Å². The maximum absolute atomic E-state index is 11.5. The van der Waals surface area contributed by atoms with E-state index in [1.54, 1.807) is 18.2 Å². The minimum Gasteiger partial charge on any atom is -0.490 e. The topological polar surface area (TPSA) is 126 Å². The first-order valence-electron chi connectivity index (χ1n) is 8.11. The smallest absolute Gasteiger partial charge is 0.412 e. The van der Waals surface area contributed by atoms with Gasteiger partial charge in [-0.15, -0.1) is 0 Å². The standard InChI is InChI=1S/C16H25BN3O5/c1-3-4-7-23-13-6-5-11(9-14(13)25-16(22)20-2)8-12(15(19)21)17-24-10-18/h5-6,9,12H,3-4,7-8,10,18H2,1-2H3,(H2,19,21)(H,20,22)/t12-/m0/s1. The predicted octanol–water partition coefficient (Wildman–Crippen LogP) is 0.952. The Bertz CT molecular complexity index is 571. The van der Waals surface area contributed by atoms with Gasteiger partial charge in [0.15, 0.2) is 11.5 Å². The van der Waals surface area contributed by atoms with E-state index in [1.165, 1.54) is 14.5 Å². The third kappa shape index (κ3) is 7.44. The van der Waals surface area contributed by atoms with Crippen LogP contribution < -0.4 is 26.3 Å². The number of amides is 2. The fourth-order valence-corrected chi connectivity index (χ4v) is 2.00. The Hall–Kier alpha value is -2.26. The van der Waals surface area contributed by atoms with Crippen molar-refractivity contribution in [1.82, 2.24) is 5.32 Å². The molecule has 1 aromatic rings. The number of ether oxygens (including phenoxy) is 2. The predicted molar refractivity (Wildman–Crippen MR) is 94.5 cm³/mol. The highest BCUT2D eigenvalue weighted by Gasteiger charge is 2.20. The first kappa shape index (κ1) is 20.8. The van der Waals surface area contributed by atoms with Crippen molar-refractivity contribution in [3.63, 3.8) is 0 Å². The Morgan fingerprint density at radius 3 is 2.68 bits per heavy atom. The lowest BCUT2D eigenvalue weighted by molar-refractivity contribution is -0.118. The molecule has 0 aliphatic carbocycles. The number of primary amides is 1. The Balaban J connectivity index is 2.94. The van der Waals surface area contributed by atoms with E-state index in [0.717, 1.165) is 18.4 Å². The zero-order valence-electron chi connectivity index (χ0n) is 14.6. The van der Waals surface area contributed by atoms with E-state index >= 15 is 0 Å². The van der Waals surface area contributed by atoms with Crippen LogP contribution in [0.15, 0.2) is 18.2 Å². The third-order valence-corrected chi connectivity index (χ3v) is 3.35. The SMILES string of the molecule is CCCCOc1ccc(C[C@H]([B]OCN)C(N)=O)cc1OC(=O)NC. The molecule has 1 radical (unpaired) electrons. The van der Waals surface area contributed by atoms with Crippen molar-refractivity contribution in [3.8, 4) is 11.5 Å². The monoisotopic (exact) mass is 350 g/mol. The maximum Gasteiger partial charge on any atom is 0.412 e. The van der Waals surface area contributed by atoms with Crippen molar-refractivity contribution in [2.45, 2.75) is 32.0 Å². The number of hydrogen-bond donors (Lipinski definition) is 3. The van der Waals surface area contributed by atoms with Gasteiger partial charge in [0.25, 0.3) is 0 Å². The van der Waals surface area contributed by atoms with Crippen LogP contribution in [-0.4, -0.2) is 39.9 Å². The summed E-state index contributed by atoms with van der Waals surface area (Å²) in [5.74, 6) is -0.455. The van der Waals surface area contributed by atoms with E-state index in [4.69, 9.17) is 25.6 Å². The summed E-state index contributed by atoms with van der Waals surface area (Å²) in [5, 5.41) is 2.38. The fourth-order valence-electron chi connectivity index (χ4n) is 2.00. The largest absolute Gasteiger partial charge is 0.490 e. The summed E-state index contributed by atoms with van der Waals surface area (Å²) in [6.45, 7) is 2.53. The van der Waals surface area contributed by atoms with Crippen molar-refractivity contribution in [3.05, 3.63) is 23.8 Å². The summed E-state index contributed by atoms with van der Waals surface area (Å²) in [4.78, 5) is 23.1. The van der Waals surface area contributed by atoms with E-state index in [-0.39, 0.29) is 18.9 Å². The molecular weight excluding hydrogens is 325 g/mol. The molecule has 5 N–H and O–H groups in total. The second kappa shape index (κ2) is 11.3. The lowest BCUT2D eigenvalue weighted by Crippen LogP contribution is -2.27. The van der Waals surface area contributed by atoms with E-state index in [0.29, 0.717) is 12.4 Å². The molecule has 1 atom stereocenters. The van der Waals surface area contributed by atoms with Gasteiger partial charge in [0.2, 0.25) is 5.91 Å². The molecule has 137 valence electrons. The quantitative estimate of drug-likeness (QED) is 0.310. The van der Waals surface area contributed by atoms with Crippen molar-refractivity contribution < 1.29 is 23.7 Å². The summed E-state index contributed by atoms with van der Waals surface area (Å²) < 4.78 is 15.8. The second-order valence-corrected chi connectivity index (χ2v) is 5.31. The van der Waals surface area contributed by atoms with Crippen LogP contribution in [0.25, 0.3) is 0 Å². The van der Waals surface area contributed by atoms with Crippen LogP contribution in [0.5, 0.6) is 11.5 Å². The van der Waals surface area contributed by atoms with Gasteiger partial charge in [-0.1, -0.05) is 19.4 Å². The Morgan fingerprint density at radius 1 is 1.32 bits per heavy atom. The molecule has 0 saturated carbocycles. The Labute approximate surface area is 148 Å². The van der Waals surface area contributed by atoms with Gasteiger partial charge in [0, 0.05) is 12.9 Å². The number of hydrogen-bond acceptors (Lipinski definition) is 6. The van der Waals surface area contributed by atoms with Crippen LogP contribution in [0, 0.1) is 0 Å². The van der Waals surface area contributed by atoms with E-state index in [9.17, 15) is 9.59 Å². The number of carbonyl (C=O) groups excluding carboxylic acids is 2. The second-order valence-electron chi connectivity index (χ2n) is 5.31. The Kier molecular flexibility index (Phi) is 9.42. The van der Waals surface area contributed by atoms with Gasteiger partial charge >= 0.3 is 13.6 Å². The third-order valence-electron chi connectivity index (χ3n) is 3.35. The number of nitrogens with two attached hydrogens (primary N) is 2. The lowest BCUT2D eigenvalue weighted by atomic mass is 9.75. The molecule has 1 aromatic carbocycles. The van der Waals surface area contributed by atoms with E-state index in [2.05, 4.69) is 12.2 Å². The van der Waals surface area contributed by atoms with Gasteiger partial charge < -0.3 is 30.9 Å². The summed E-state index contributed by atoms with van der Waals surface area (Å²) in [7, 11) is 2.78. The maximum atomic E-state index is 11.5. The minimum atomic E-state index is -0.650. The molecule has 0 saturated heterocycles. The van der Waals surface area contributed by atoms with E-state index in [1.807, 2.05) is 0 Å². The molecule has 0 heterocycles. The van der Waals surface area contributed by atoms with Gasteiger partial charge in [-0.2, -0.15) is 0 Å². The highest BCUT2D eigenvalue weighted by molar-refractivity contribution is 6.37. The number of benzene rings is 1. The van der Waals surface area contributed by atoms with Crippen LogP contribution in [-0.2, 0) is 15.9 Å².